The number of hydrogen-bond donors (Lipinski definition) is 2. The molecule has 7 heteroatoms. The van der Waals surface area contributed by atoms with Crippen LogP contribution in [0.25, 0.3) is 0 Å². The zero-order valence-electron chi connectivity index (χ0n) is 16.1. The summed E-state index contributed by atoms with van der Waals surface area (Å²) in [5.74, 6) is -0.470. The fourth-order valence-electron chi connectivity index (χ4n) is 3.27. The first-order chi connectivity index (χ1) is 14.1. The van der Waals surface area contributed by atoms with Crippen LogP contribution in [0.15, 0.2) is 54.6 Å². The van der Waals surface area contributed by atoms with E-state index in [1.807, 2.05) is 36.4 Å². The van der Waals surface area contributed by atoms with Gasteiger partial charge in [-0.05, 0) is 29.8 Å². The van der Waals surface area contributed by atoms with Crippen molar-refractivity contribution in [3.8, 4) is 6.07 Å². The molecule has 2 amide bonds. The highest BCUT2D eigenvalue weighted by molar-refractivity contribution is 5.96. The van der Waals surface area contributed by atoms with E-state index in [2.05, 4.69) is 10.2 Å². The molecule has 1 heterocycles. The van der Waals surface area contributed by atoms with Crippen LogP contribution >= 0.6 is 0 Å². The summed E-state index contributed by atoms with van der Waals surface area (Å²) in [7, 11) is 0. The predicted octanol–water partition coefficient (Wildman–Crippen LogP) is 1.17. The van der Waals surface area contributed by atoms with Crippen LogP contribution in [-0.4, -0.2) is 66.0 Å². The quantitative estimate of drug-likeness (QED) is 0.769. The largest absolute Gasteiger partial charge is 0.387 e. The van der Waals surface area contributed by atoms with Gasteiger partial charge in [0.05, 0.1) is 24.3 Å². The van der Waals surface area contributed by atoms with Gasteiger partial charge in [-0.15, -0.1) is 0 Å². The molecule has 0 radical (unpaired) electrons. The first kappa shape index (κ1) is 20.5. The van der Waals surface area contributed by atoms with E-state index < -0.39 is 6.10 Å². The molecule has 0 aromatic heterocycles. The van der Waals surface area contributed by atoms with E-state index >= 15 is 0 Å². The summed E-state index contributed by atoms with van der Waals surface area (Å²) in [4.78, 5) is 28.4. The van der Waals surface area contributed by atoms with Gasteiger partial charge >= 0.3 is 0 Å². The molecule has 1 aliphatic heterocycles. The van der Waals surface area contributed by atoms with Gasteiger partial charge in [0, 0.05) is 38.3 Å². The Balaban J connectivity index is 1.41. The molecule has 2 aromatic rings. The highest BCUT2D eigenvalue weighted by Crippen LogP contribution is 2.15. The zero-order valence-corrected chi connectivity index (χ0v) is 16.1. The number of hydrogen-bond acceptors (Lipinski definition) is 5. The smallest absolute Gasteiger partial charge is 0.251 e. The van der Waals surface area contributed by atoms with E-state index in [9.17, 15) is 14.7 Å². The van der Waals surface area contributed by atoms with Gasteiger partial charge in [0.25, 0.3) is 5.91 Å². The molecule has 2 N–H and O–H groups in total. The van der Waals surface area contributed by atoms with Gasteiger partial charge in [-0.1, -0.05) is 30.3 Å². The van der Waals surface area contributed by atoms with Gasteiger partial charge in [0.15, 0.2) is 0 Å². The van der Waals surface area contributed by atoms with Crippen LogP contribution in [0.5, 0.6) is 0 Å². The molecule has 0 bridgehead atoms. The Morgan fingerprint density at radius 1 is 1.03 bits per heavy atom. The molecule has 0 spiro atoms. The van der Waals surface area contributed by atoms with Crippen molar-refractivity contribution >= 4 is 11.8 Å². The molecule has 1 unspecified atom stereocenters. The van der Waals surface area contributed by atoms with Crippen LogP contribution in [0, 0.1) is 11.3 Å². The van der Waals surface area contributed by atoms with Crippen LogP contribution in [0.4, 0.5) is 0 Å². The maximum atomic E-state index is 12.4. The number of nitrogens with zero attached hydrogens (tertiary/aromatic N) is 3. The molecule has 7 nitrogen and oxygen atoms in total. The van der Waals surface area contributed by atoms with E-state index in [0.717, 1.165) is 5.56 Å². The Labute approximate surface area is 170 Å². The summed E-state index contributed by atoms with van der Waals surface area (Å²) in [5.41, 5.74) is 1.78. The molecule has 1 fully saturated rings. The highest BCUT2D eigenvalue weighted by Gasteiger charge is 2.23. The minimum absolute atomic E-state index is 0.0640. The molecule has 1 aliphatic rings. The maximum absolute atomic E-state index is 12.4. The number of aliphatic hydroxyl groups is 1. The number of nitrogens with one attached hydrogen (secondary N) is 1. The Kier molecular flexibility index (Phi) is 6.95. The summed E-state index contributed by atoms with van der Waals surface area (Å²) in [6.45, 7) is 2.95. The normalized spacial score (nSPS) is 15.4. The molecule has 0 saturated carbocycles. The average Bonchev–Trinajstić information content (AvgIpc) is 2.78. The van der Waals surface area contributed by atoms with Crippen LogP contribution in [0.3, 0.4) is 0 Å². The Morgan fingerprint density at radius 3 is 2.31 bits per heavy atom. The lowest BCUT2D eigenvalue weighted by atomic mass is 10.1. The number of rotatable bonds is 6. The average molecular weight is 392 g/mol. The lowest BCUT2D eigenvalue weighted by Gasteiger charge is -2.35. The van der Waals surface area contributed by atoms with Crippen molar-refractivity contribution in [2.45, 2.75) is 6.10 Å². The summed E-state index contributed by atoms with van der Waals surface area (Å²) in [5, 5.41) is 21.8. The minimum Gasteiger partial charge on any atom is -0.387 e. The van der Waals surface area contributed by atoms with Gasteiger partial charge in [-0.25, -0.2) is 0 Å². The number of aliphatic hydroxyl groups excluding tert-OH is 1. The molecule has 29 heavy (non-hydrogen) atoms. The monoisotopic (exact) mass is 392 g/mol. The lowest BCUT2D eigenvalue weighted by molar-refractivity contribution is -0.132. The van der Waals surface area contributed by atoms with Crippen LogP contribution in [0.2, 0.25) is 0 Å². The van der Waals surface area contributed by atoms with E-state index in [0.29, 0.717) is 43.9 Å². The van der Waals surface area contributed by atoms with E-state index in [4.69, 9.17) is 5.26 Å². The summed E-state index contributed by atoms with van der Waals surface area (Å²) in [6.07, 6.45) is -0.551. The second-order valence-electron chi connectivity index (χ2n) is 6.98. The fraction of sp³-hybridized carbons (Fsp3) is 0.318. The van der Waals surface area contributed by atoms with Crippen molar-refractivity contribution in [2.75, 3.05) is 39.3 Å². The van der Waals surface area contributed by atoms with Crippen molar-refractivity contribution in [2.24, 2.45) is 0 Å². The third-order valence-corrected chi connectivity index (χ3v) is 5.02. The SMILES string of the molecule is N#Cc1ccc(C(=O)NCC(=O)N2CCN(CC(O)c3ccccc3)CC2)cc1. The number of nitriles is 1. The Hall–Kier alpha value is -3.21. The van der Waals surface area contributed by atoms with Crippen LogP contribution < -0.4 is 5.32 Å². The van der Waals surface area contributed by atoms with Gasteiger partial charge in [0.1, 0.15) is 0 Å². The lowest BCUT2D eigenvalue weighted by Crippen LogP contribution is -2.51. The second-order valence-corrected chi connectivity index (χ2v) is 6.98. The first-order valence-electron chi connectivity index (χ1n) is 9.58. The van der Waals surface area contributed by atoms with Crippen molar-refractivity contribution < 1.29 is 14.7 Å². The van der Waals surface area contributed by atoms with Crippen molar-refractivity contribution in [1.29, 1.82) is 5.26 Å². The molecule has 0 aliphatic carbocycles. The van der Waals surface area contributed by atoms with Crippen molar-refractivity contribution in [1.82, 2.24) is 15.1 Å². The second kappa shape index (κ2) is 9.82. The number of benzene rings is 2. The zero-order chi connectivity index (χ0) is 20.6. The van der Waals surface area contributed by atoms with E-state index in [1.165, 1.54) is 0 Å². The highest BCUT2D eigenvalue weighted by atomic mass is 16.3. The summed E-state index contributed by atoms with van der Waals surface area (Å²) < 4.78 is 0. The van der Waals surface area contributed by atoms with E-state index in [-0.39, 0.29) is 18.4 Å². The number of carbonyl (C=O) groups excluding carboxylic acids is 2. The topological polar surface area (TPSA) is 96.7 Å². The number of β-amino-alcohol motifs (C(OH)–C–C–N with tert-alkyl or cyclic N) is 1. The minimum atomic E-state index is -0.551. The molecule has 1 atom stereocenters. The van der Waals surface area contributed by atoms with Crippen LogP contribution in [0.1, 0.15) is 27.6 Å². The molecule has 3 rings (SSSR count). The van der Waals surface area contributed by atoms with Gasteiger partial charge in [-0.2, -0.15) is 5.26 Å². The van der Waals surface area contributed by atoms with Crippen molar-refractivity contribution in [3.05, 3.63) is 71.3 Å². The number of piperazine rings is 1. The standard InChI is InChI=1S/C22H24N4O3/c23-14-17-6-8-19(9-7-17)22(29)24-15-21(28)26-12-10-25(11-13-26)16-20(27)18-4-2-1-3-5-18/h1-9,20,27H,10-13,15-16H2,(H,24,29). The van der Waals surface area contributed by atoms with Crippen molar-refractivity contribution in [3.63, 3.8) is 0 Å². The molecule has 2 aromatic carbocycles. The number of amides is 2. The third kappa shape index (κ3) is 5.64. The van der Waals surface area contributed by atoms with Gasteiger partial charge < -0.3 is 15.3 Å². The third-order valence-electron chi connectivity index (χ3n) is 5.02. The number of carbonyl (C=O) groups is 2. The molecular weight excluding hydrogens is 368 g/mol. The Bertz CT molecular complexity index is 869. The summed E-state index contributed by atoms with van der Waals surface area (Å²) >= 11 is 0. The fourth-order valence-corrected chi connectivity index (χ4v) is 3.27. The Morgan fingerprint density at radius 2 is 1.69 bits per heavy atom. The molecule has 150 valence electrons. The first-order valence-corrected chi connectivity index (χ1v) is 9.58. The van der Waals surface area contributed by atoms with Crippen LogP contribution in [-0.2, 0) is 4.79 Å². The maximum Gasteiger partial charge on any atom is 0.251 e. The van der Waals surface area contributed by atoms with E-state index in [1.54, 1.807) is 29.2 Å². The molecular formula is C22H24N4O3. The van der Waals surface area contributed by atoms with Gasteiger partial charge in [-0.3, -0.25) is 14.5 Å². The van der Waals surface area contributed by atoms with Gasteiger partial charge in [0.2, 0.25) is 5.91 Å². The predicted molar refractivity (Wildman–Crippen MR) is 108 cm³/mol. The molecule has 1 saturated heterocycles. The summed E-state index contributed by atoms with van der Waals surface area (Å²) in [6, 6.07) is 17.8.